The summed E-state index contributed by atoms with van der Waals surface area (Å²) in [5, 5.41) is 14.8. The van der Waals surface area contributed by atoms with Gasteiger partial charge in [-0.05, 0) is 57.6 Å². The number of halogens is 5. The zero-order valence-corrected chi connectivity index (χ0v) is 19.8. The first kappa shape index (κ1) is 25.0. The SMILES string of the molecule is Cc1nn(Cc2c(F)cccc2Cl)c(C)c1NC(=S)NCCCn1nc(C(F)(F)F)cc1C. The number of hydrogen-bond acceptors (Lipinski definition) is 3. The van der Waals surface area contributed by atoms with Crippen molar-refractivity contribution < 1.29 is 17.6 Å². The summed E-state index contributed by atoms with van der Waals surface area (Å²) in [6, 6.07) is 5.54. The number of hydrogen-bond donors (Lipinski definition) is 2. The van der Waals surface area contributed by atoms with Gasteiger partial charge >= 0.3 is 6.18 Å². The molecule has 0 radical (unpaired) electrons. The Labute approximate surface area is 198 Å². The molecule has 0 aliphatic carbocycles. The van der Waals surface area contributed by atoms with Gasteiger partial charge in [0.1, 0.15) is 5.82 Å². The molecule has 0 saturated carbocycles. The second-order valence-corrected chi connectivity index (χ2v) is 8.35. The topological polar surface area (TPSA) is 59.7 Å². The van der Waals surface area contributed by atoms with E-state index in [4.69, 9.17) is 23.8 Å². The van der Waals surface area contributed by atoms with Crippen LogP contribution in [0.5, 0.6) is 0 Å². The molecule has 1 aromatic carbocycles. The van der Waals surface area contributed by atoms with Crippen LogP contribution in [0.1, 0.15) is 34.8 Å². The Bertz CT molecular complexity index is 1130. The number of thiocarbonyl (C=S) groups is 1. The zero-order chi connectivity index (χ0) is 24.3. The average molecular weight is 503 g/mol. The van der Waals surface area contributed by atoms with E-state index in [0.717, 1.165) is 11.8 Å². The van der Waals surface area contributed by atoms with Gasteiger partial charge in [0.2, 0.25) is 0 Å². The lowest BCUT2D eigenvalue weighted by Gasteiger charge is -2.12. The van der Waals surface area contributed by atoms with Crippen LogP contribution in [0, 0.1) is 26.6 Å². The molecule has 0 unspecified atom stereocenters. The molecule has 0 bridgehead atoms. The van der Waals surface area contributed by atoms with E-state index >= 15 is 0 Å². The molecule has 0 aliphatic rings. The number of nitrogens with zero attached hydrogens (tertiary/aromatic N) is 4. The minimum absolute atomic E-state index is 0.170. The van der Waals surface area contributed by atoms with Gasteiger partial charge in [-0.15, -0.1) is 0 Å². The summed E-state index contributed by atoms with van der Waals surface area (Å²) in [7, 11) is 0. The number of rotatable bonds is 7. The molecule has 0 atom stereocenters. The minimum Gasteiger partial charge on any atom is -0.362 e. The van der Waals surface area contributed by atoms with Crippen molar-refractivity contribution in [3.05, 3.63) is 63.4 Å². The van der Waals surface area contributed by atoms with E-state index in [0.29, 0.717) is 52.3 Å². The number of anilines is 1. The Morgan fingerprint density at radius 1 is 1.15 bits per heavy atom. The zero-order valence-electron chi connectivity index (χ0n) is 18.2. The molecule has 6 nitrogen and oxygen atoms in total. The number of aryl methyl sites for hydroxylation is 3. The van der Waals surface area contributed by atoms with Crippen LogP contribution >= 0.6 is 23.8 Å². The van der Waals surface area contributed by atoms with E-state index in [9.17, 15) is 17.6 Å². The third-order valence-electron chi connectivity index (χ3n) is 5.09. The van der Waals surface area contributed by atoms with Crippen molar-refractivity contribution in [3.8, 4) is 0 Å². The van der Waals surface area contributed by atoms with Crippen LogP contribution in [0.4, 0.5) is 23.2 Å². The van der Waals surface area contributed by atoms with Crippen LogP contribution in [0.15, 0.2) is 24.3 Å². The van der Waals surface area contributed by atoms with Crippen LogP contribution in [-0.4, -0.2) is 31.2 Å². The summed E-state index contributed by atoms with van der Waals surface area (Å²) in [5.41, 5.74) is 2.01. The van der Waals surface area contributed by atoms with Gasteiger partial charge in [0.25, 0.3) is 0 Å². The predicted molar refractivity (Wildman–Crippen MR) is 123 cm³/mol. The second-order valence-electron chi connectivity index (χ2n) is 7.53. The molecule has 2 N–H and O–H groups in total. The number of alkyl halides is 3. The van der Waals surface area contributed by atoms with Gasteiger partial charge in [-0.1, -0.05) is 17.7 Å². The van der Waals surface area contributed by atoms with Gasteiger partial charge < -0.3 is 10.6 Å². The molecule has 0 amide bonds. The van der Waals surface area contributed by atoms with Crippen LogP contribution in [-0.2, 0) is 19.3 Å². The molecule has 178 valence electrons. The van der Waals surface area contributed by atoms with Crippen LogP contribution < -0.4 is 10.6 Å². The van der Waals surface area contributed by atoms with E-state index in [1.54, 1.807) is 30.7 Å². The van der Waals surface area contributed by atoms with E-state index in [-0.39, 0.29) is 6.54 Å². The van der Waals surface area contributed by atoms with Gasteiger partial charge in [0.15, 0.2) is 10.8 Å². The highest BCUT2D eigenvalue weighted by Crippen LogP contribution is 2.28. The Morgan fingerprint density at radius 3 is 2.52 bits per heavy atom. The largest absolute Gasteiger partial charge is 0.435 e. The first-order valence-corrected chi connectivity index (χ1v) is 10.9. The summed E-state index contributed by atoms with van der Waals surface area (Å²) in [6.07, 6.45) is -3.94. The highest BCUT2D eigenvalue weighted by atomic mass is 35.5. The molecule has 2 heterocycles. The molecule has 0 fully saturated rings. The molecule has 0 aliphatic heterocycles. The molecule has 0 spiro atoms. The lowest BCUT2D eigenvalue weighted by atomic mass is 10.2. The predicted octanol–water partition coefficient (Wildman–Crippen LogP) is 5.24. The van der Waals surface area contributed by atoms with E-state index in [1.165, 1.54) is 10.7 Å². The van der Waals surface area contributed by atoms with Crippen molar-refractivity contribution in [2.75, 3.05) is 11.9 Å². The maximum atomic E-state index is 14.1. The molecule has 2 aromatic heterocycles. The van der Waals surface area contributed by atoms with E-state index in [2.05, 4.69) is 20.8 Å². The average Bonchev–Trinajstić information content (AvgIpc) is 3.23. The van der Waals surface area contributed by atoms with Gasteiger partial charge in [0, 0.05) is 29.4 Å². The maximum Gasteiger partial charge on any atom is 0.435 e. The molecular weight excluding hydrogens is 480 g/mol. The van der Waals surface area contributed by atoms with E-state index in [1.807, 2.05) is 6.92 Å². The molecule has 3 rings (SSSR count). The van der Waals surface area contributed by atoms with Crippen molar-refractivity contribution in [2.45, 2.75) is 46.5 Å². The number of benzene rings is 1. The molecule has 12 heteroatoms. The molecular formula is C21H23ClF4N6S. The number of nitrogens with one attached hydrogen (secondary N) is 2. The summed E-state index contributed by atoms with van der Waals surface area (Å²) in [5.74, 6) is -0.406. The van der Waals surface area contributed by atoms with Crippen molar-refractivity contribution in [1.82, 2.24) is 24.9 Å². The van der Waals surface area contributed by atoms with Crippen molar-refractivity contribution in [2.24, 2.45) is 0 Å². The first-order valence-electron chi connectivity index (χ1n) is 10.1. The fraction of sp³-hybridized carbons (Fsp3) is 0.381. The Hall–Kier alpha value is -2.66. The normalized spacial score (nSPS) is 11.6. The summed E-state index contributed by atoms with van der Waals surface area (Å²) < 4.78 is 55.4. The van der Waals surface area contributed by atoms with Crippen LogP contribution in [0.3, 0.4) is 0 Å². The lowest BCUT2D eigenvalue weighted by molar-refractivity contribution is -0.141. The third-order valence-corrected chi connectivity index (χ3v) is 5.69. The first-order chi connectivity index (χ1) is 15.5. The van der Waals surface area contributed by atoms with Gasteiger partial charge in [0.05, 0.1) is 23.6 Å². The lowest BCUT2D eigenvalue weighted by Crippen LogP contribution is -2.30. The third kappa shape index (κ3) is 6.02. The van der Waals surface area contributed by atoms with Crippen LogP contribution in [0.2, 0.25) is 5.02 Å². The summed E-state index contributed by atoms with van der Waals surface area (Å²) >= 11 is 11.5. The maximum absolute atomic E-state index is 14.1. The van der Waals surface area contributed by atoms with E-state index < -0.39 is 17.7 Å². The fourth-order valence-electron chi connectivity index (χ4n) is 3.33. The van der Waals surface area contributed by atoms with Gasteiger partial charge in [-0.2, -0.15) is 23.4 Å². The van der Waals surface area contributed by atoms with Crippen molar-refractivity contribution in [3.63, 3.8) is 0 Å². The summed E-state index contributed by atoms with van der Waals surface area (Å²) in [6.45, 7) is 6.14. The Balaban J connectivity index is 1.55. The Morgan fingerprint density at radius 2 is 1.88 bits per heavy atom. The standard InChI is InChI=1S/C21H23ClF4N6S/c1-12-10-18(21(24,25)26)30-31(12)9-5-8-27-20(33)28-19-13(2)29-32(14(19)3)11-15-16(22)6-4-7-17(15)23/h4,6-7,10H,5,8-9,11H2,1-3H3,(H2,27,28,33). The monoisotopic (exact) mass is 502 g/mol. The van der Waals surface area contributed by atoms with Crippen LogP contribution in [0.25, 0.3) is 0 Å². The highest BCUT2D eigenvalue weighted by molar-refractivity contribution is 7.80. The molecule has 3 aromatic rings. The van der Waals surface area contributed by atoms with Crippen molar-refractivity contribution in [1.29, 1.82) is 0 Å². The molecule has 0 saturated heterocycles. The smallest absolute Gasteiger partial charge is 0.362 e. The minimum atomic E-state index is -4.46. The quantitative estimate of drug-likeness (QED) is 0.263. The number of aromatic nitrogens is 4. The Kier molecular flexibility index (Phi) is 7.63. The highest BCUT2D eigenvalue weighted by Gasteiger charge is 2.34. The van der Waals surface area contributed by atoms with Crippen molar-refractivity contribution >= 4 is 34.6 Å². The molecule has 33 heavy (non-hydrogen) atoms. The fourth-order valence-corrected chi connectivity index (χ4v) is 3.76. The second kappa shape index (κ2) is 10.1. The van der Waals surface area contributed by atoms with Gasteiger partial charge in [-0.25, -0.2) is 4.39 Å². The van der Waals surface area contributed by atoms with Gasteiger partial charge in [-0.3, -0.25) is 9.36 Å². The summed E-state index contributed by atoms with van der Waals surface area (Å²) in [4.78, 5) is 0.